The molecule has 0 saturated heterocycles. The Morgan fingerprint density at radius 3 is 2.54 bits per heavy atom. The highest BCUT2D eigenvalue weighted by molar-refractivity contribution is 5.92. The van der Waals surface area contributed by atoms with Crippen molar-refractivity contribution in [2.24, 2.45) is 0 Å². The maximum absolute atomic E-state index is 5.45. The van der Waals surface area contributed by atoms with E-state index < -0.39 is 0 Å². The van der Waals surface area contributed by atoms with Crippen LogP contribution >= 0.6 is 0 Å². The summed E-state index contributed by atoms with van der Waals surface area (Å²) in [4.78, 5) is 4.55. The minimum absolute atomic E-state index is 0.119. The normalized spacial score (nSPS) is 13.5. The fraction of sp³-hybridized carbons (Fsp3) is 0.250. The van der Waals surface area contributed by atoms with Crippen molar-refractivity contribution < 1.29 is 4.74 Å². The van der Waals surface area contributed by atoms with Crippen molar-refractivity contribution in [1.29, 1.82) is 0 Å². The highest BCUT2D eigenvalue weighted by atomic mass is 16.5. The molecule has 2 N–H and O–H groups in total. The highest BCUT2D eigenvalue weighted by Crippen LogP contribution is 2.31. The monoisotopic (exact) mass is 321 g/mol. The van der Waals surface area contributed by atoms with Gasteiger partial charge in [0.1, 0.15) is 5.75 Å². The van der Waals surface area contributed by atoms with Crippen molar-refractivity contribution in [2.45, 2.75) is 19.0 Å². The lowest BCUT2D eigenvalue weighted by Gasteiger charge is -2.27. The molecule has 0 saturated carbocycles. The standard InChI is InChI=1S/C20H23N3O/c1-14(21-2)19(15-8-5-4-6-9-15)23-18-13-17(24-3)12-16-10-7-11-22-20(16)18/h4-14,19,21,23H,1-3H3. The molecule has 1 heterocycles. The lowest BCUT2D eigenvalue weighted by atomic mass is 9.99. The average molecular weight is 321 g/mol. The molecule has 3 rings (SSSR count). The van der Waals surface area contributed by atoms with Gasteiger partial charge in [-0.3, -0.25) is 4.98 Å². The summed E-state index contributed by atoms with van der Waals surface area (Å²) < 4.78 is 5.45. The van der Waals surface area contributed by atoms with E-state index >= 15 is 0 Å². The molecule has 124 valence electrons. The van der Waals surface area contributed by atoms with Gasteiger partial charge in [0, 0.05) is 23.7 Å². The van der Waals surface area contributed by atoms with Gasteiger partial charge >= 0.3 is 0 Å². The van der Waals surface area contributed by atoms with Crippen molar-refractivity contribution >= 4 is 16.6 Å². The Labute approximate surface area is 142 Å². The number of ether oxygens (including phenoxy) is 1. The number of fused-ring (bicyclic) bond motifs is 1. The molecule has 0 spiro atoms. The summed E-state index contributed by atoms with van der Waals surface area (Å²) in [7, 11) is 3.66. The van der Waals surface area contributed by atoms with Gasteiger partial charge in [-0.05, 0) is 31.7 Å². The van der Waals surface area contributed by atoms with Crippen LogP contribution in [-0.2, 0) is 0 Å². The van der Waals surface area contributed by atoms with Gasteiger partial charge in [0.2, 0.25) is 0 Å². The van der Waals surface area contributed by atoms with E-state index in [0.29, 0.717) is 0 Å². The predicted octanol–water partition coefficient (Wildman–Crippen LogP) is 4.00. The Morgan fingerprint density at radius 1 is 1.04 bits per heavy atom. The number of methoxy groups -OCH3 is 1. The number of rotatable bonds is 6. The number of nitrogens with zero attached hydrogens (tertiary/aromatic N) is 1. The summed E-state index contributed by atoms with van der Waals surface area (Å²) in [5.74, 6) is 0.821. The van der Waals surface area contributed by atoms with Crippen LogP contribution < -0.4 is 15.4 Å². The molecule has 0 bridgehead atoms. The Hall–Kier alpha value is -2.59. The third-order valence-corrected chi connectivity index (χ3v) is 4.34. The highest BCUT2D eigenvalue weighted by Gasteiger charge is 2.19. The Morgan fingerprint density at radius 2 is 1.83 bits per heavy atom. The minimum atomic E-state index is 0.119. The number of aromatic nitrogens is 1. The van der Waals surface area contributed by atoms with Crippen molar-refractivity contribution in [3.8, 4) is 5.75 Å². The quantitative estimate of drug-likeness (QED) is 0.720. The first-order valence-corrected chi connectivity index (χ1v) is 8.14. The zero-order valence-corrected chi connectivity index (χ0v) is 14.3. The first-order chi connectivity index (χ1) is 11.7. The SMILES string of the molecule is CNC(C)C(Nc1cc(OC)cc2cccnc12)c1ccccc1. The second-order valence-electron chi connectivity index (χ2n) is 5.86. The first kappa shape index (κ1) is 16.3. The smallest absolute Gasteiger partial charge is 0.121 e. The number of benzene rings is 2. The van der Waals surface area contributed by atoms with Crippen LogP contribution in [0.3, 0.4) is 0 Å². The van der Waals surface area contributed by atoms with Crippen molar-refractivity contribution in [3.05, 3.63) is 66.4 Å². The second kappa shape index (κ2) is 7.32. The first-order valence-electron chi connectivity index (χ1n) is 8.14. The van der Waals surface area contributed by atoms with Gasteiger partial charge in [-0.25, -0.2) is 0 Å². The number of anilines is 1. The average Bonchev–Trinajstić information content (AvgIpc) is 2.65. The van der Waals surface area contributed by atoms with Gasteiger partial charge in [0.05, 0.1) is 24.4 Å². The van der Waals surface area contributed by atoms with Gasteiger partial charge < -0.3 is 15.4 Å². The fourth-order valence-electron chi connectivity index (χ4n) is 2.88. The Kier molecular flexibility index (Phi) is 4.96. The molecular weight excluding hydrogens is 298 g/mol. The molecule has 24 heavy (non-hydrogen) atoms. The lowest BCUT2D eigenvalue weighted by molar-refractivity contribution is 0.415. The maximum Gasteiger partial charge on any atom is 0.121 e. The third-order valence-electron chi connectivity index (χ3n) is 4.34. The largest absolute Gasteiger partial charge is 0.497 e. The van der Waals surface area contributed by atoms with Crippen LogP contribution in [0.15, 0.2) is 60.8 Å². The van der Waals surface area contributed by atoms with Crippen LogP contribution in [0.5, 0.6) is 5.75 Å². The van der Waals surface area contributed by atoms with E-state index in [0.717, 1.165) is 22.3 Å². The van der Waals surface area contributed by atoms with Gasteiger partial charge in [0.15, 0.2) is 0 Å². The molecule has 2 unspecified atom stereocenters. The summed E-state index contributed by atoms with van der Waals surface area (Å²) in [5, 5.41) is 8.06. The fourth-order valence-corrected chi connectivity index (χ4v) is 2.88. The van der Waals surface area contributed by atoms with Crippen LogP contribution in [0.4, 0.5) is 5.69 Å². The molecule has 1 aromatic heterocycles. The molecule has 0 fully saturated rings. The summed E-state index contributed by atoms with van der Waals surface area (Å²) in [6.45, 7) is 2.17. The van der Waals surface area contributed by atoms with Crippen molar-refractivity contribution in [2.75, 3.05) is 19.5 Å². The number of hydrogen-bond donors (Lipinski definition) is 2. The zero-order chi connectivity index (χ0) is 16.9. The van der Waals surface area contributed by atoms with E-state index in [2.05, 4.69) is 52.9 Å². The van der Waals surface area contributed by atoms with Gasteiger partial charge in [-0.1, -0.05) is 36.4 Å². The molecule has 2 aromatic carbocycles. The minimum Gasteiger partial charge on any atom is -0.497 e. The maximum atomic E-state index is 5.45. The van der Waals surface area contributed by atoms with Gasteiger partial charge in [-0.15, -0.1) is 0 Å². The molecule has 0 aliphatic carbocycles. The molecule has 0 aliphatic rings. The van der Waals surface area contributed by atoms with Crippen LogP contribution in [0.25, 0.3) is 10.9 Å². The number of likely N-dealkylation sites (N-methyl/N-ethyl adjacent to an activating group) is 1. The molecule has 4 nitrogen and oxygen atoms in total. The zero-order valence-electron chi connectivity index (χ0n) is 14.3. The van der Waals surface area contributed by atoms with E-state index in [4.69, 9.17) is 4.74 Å². The number of hydrogen-bond acceptors (Lipinski definition) is 4. The second-order valence-corrected chi connectivity index (χ2v) is 5.86. The van der Waals surface area contributed by atoms with Gasteiger partial charge in [-0.2, -0.15) is 0 Å². The van der Waals surface area contributed by atoms with E-state index in [1.165, 1.54) is 5.56 Å². The number of nitrogens with one attached hydrogen (secondary N) is 2. The molecule has 0 radical (unpaired) electrons. The topological polar surface area (TPSA) is 46.2 Å². The van der Waals surface area contributed by atoms with Crippen LogP contribution in [0, 0.1) is 0 Å². The van der Waals surface area contributed by atoms with E-state index in [1.54, 1.807) is 7.11 Å². The molecule has 4 heteroatoms. The Balaban J connectivity index is 2.05. The molecule has 0 amide bonds. The van der Waals surface area contributed by atoms with Crippen LogP contribution in [-0.4, -0.2) is 25.2 Å². The van der Waals surface area contributed by atoms with E-state index in [9.17, 15) is 0 Å². The van der Waals surface area contributed by atoms with E-state index in [1.807, 2.05) is 37.5 Å². The third kappa shape index (κ3) is 3.34. The molecular formula is C20H23N3O. The predicted molar refractivity (Wildman–Crippen MR) is 99.6 cm³/mol. The van der Waals surface area contributed by atoms with Crippen LogP contribution in [0.1, 0.15) is 18.5 Å². The number of pyridine rings is 1. The molecule has 0 aliphatic heterocycles. The lowest BCUT2D eigenvalue weighted by Crippen LogP contribution is -2.33. The summed E-state index contributed by atoms with van der Waals surface area (Å²) in [6.07, 6.45) is 1.82. The van der Waals surface area contributed by atoms with Gasteiger partial charge in [0.25, 0.3) is 0 Å². The summed E-state index contributed by atoms with van der Waals surface area (Å²) in [6, 6.07) is 18.8. The van der Waals surface area contributed by atoms with Crippen LogP contribution in [0.2, 0.25) is 0 Å². The molecule has 3 aromatic rings. The van der Waals surface area contributed by atoms with Crippen molar-refractivity contribution in [3.63, 3.8) is 0 Å². The van der Waals surface area contributed by atoms with E-state index in [-0.39, 0.29) is 12.1 Å². The summed E-state index contributed by atoms with van der Waals surface area (Å²) >= 11 is 0. The summed E-state index contributed by atoms with van der Waals surface area (Å²) in [5.41, 5.74) is 3.15. The molecule has 2 atom stereocenters. The Bertz CT molecular complexity index is 804. The van der Waals surface area contributed by atoms with Crippen molar-refractivity contribution in [1.82, 2.24) is 10.3 Å².